The summed E-state index contributed by atoms with van der Waals surface area (Å²) in [4.78, 5) is 0.556. The molecule has 0 spiro atoms. The van der Waals surface area contributed by atoms with Gasteiger partial charge in [0.25, 0.3) is 0 Å². The van der Waals surface area contributed by atoms with E-state index in [2.05, 4.69) is 28.8 Å². The van der Waals surface area contributed by atoms with Crippen LogP contribution in [0.1, 0.15) is 6.42 Å². The molecule has 6 heteroatoms. The lowest BCUT2D eigenvalue weighted by Crippen LogP contribution is -2.43. The molecule has 1 heterocycles. The average molecular weight is 369 g/mol. The Morgan fingerprint density at radius 2 is 1.92 bits per heavy atom. The van der Waals surface area contributed by atoms with Crippen molar-refractivity contribution in [1.82, 2.24) is 15.0 Å². The Morgan fingerprint density at radius 3 is 2.60 bits per heavy atom. The van der Waals surface area contributed by atoms with Gasteiger partial charge in [-0.05, 0) is 36.4 Å². The molecule has 0 aliphatic heterocycles. The summed E-state index contributed by atoms with van der Waals surface area (Å²) in [6.45, 7) is 7.88. The van der Waals surface area contributed by atoms with Crippen LogP contribution in [0.5, 0.6) is 0 Å². The number of hydrogen-bond donors (Lipinski definition) is 1. The third-order valence-corrected chi connectivity index (χ3v) is 4.73. The second-order valence-electron chi connectivity index (χ2n) is 5.57. The van der Waals surface area contributed by atoms with Crippen LogP contribution in [-0.4, -0.2) is 20.0 Å². The van der Waals surface area contributed by atoms with E-state index in [0.29, 0.717) is 16.4 Å². The van der Waals surface area contributed by atoms with Crippen LogP contribution >= 0.6 is 23.8 Å². The highest BCUT2D eigenvalue weighted by Gasteiger charge is 2.35. The van der Waals surface area contributed by atoms with E-state index in [9.17, 15) is 0 Å². The zero-order chi connectivity index (χ0) is 17.9. The maximum Gasteiger partial charge on any atom is 0.136 e. The number of thiocarbonyl (C=S) groups is 1. The standard InChI is InChI=1S/C19H17ClN4S/c1-3-13-19(4-2,18(25)21-15-11-9-14(20)10-12-15)24-17-8-6-5-7-16(17)22-23-24/h3-12H,1-2,13H2,(H,21,25). The summed E-state index contributed by atoms with van der Waals surface area (Å²) < 4.78 is 1.79. The number of rotatable bonds is 6. The fourth-order valence-electron chi connectivity index (χ4n) is 2.69. The predicted octanol–water partition coefficient (Wildman–Crippen LogP) is 4.98. The Morgan fingerprint density at radius 1 is 1.20 bits per heavy atom. The maximum atomic E-state index is 5.95. The smallest absolute Gasteiger partial charge is 0.136 e. The van der Waals surface area contributed by atoms with Gasteiger partial charge in [-0.2, -0.15) is 0 Å². The van der Waals surface area contributed by atoms with Gasteiger partial charge in [0, 0.05) is 17.1 Å². The topological polar surface area (TPSA) is 42.7 Å². The van der Waals surface area contributed by atoms with Crippen molar-refractivity contribution < 1.29 is 0 Å². The van der Waals surface area contributed by atoms with Crippen molar-refractivity contribution in [3.05, 3.63) is 78.9 Å². The molecule has 0 fully saturated rings. The van der Waals surface area contributed by atoms with Gasteiger partial charge in [-0.3, -0.25) is 0 Å². The SMILES string of the molecule is C=CCC(C=C)(C(=S)Nc1ccc(Cl)cc1)n1nnc2ccccc21. The lowest BCUT2D eigenvalue weighted by Gasteiger charge is -2.31. The van der Waals surface area contributed by atoms with E-state index in [-0.39, 0.29) is 0 Å². The molecule has 25 heavy (non-hydrogen) atoms. The van der Waals surface area contributed by atoms with E-state index < -0.39 is 5.54 Å². The van der Waals surface area contributed by atoms with Crippen LogP contribution < -0.4 is 5.32 Å². The van der Waals surface area contributed by atoms with Crippen LogP contribution in [0.4, 0.5) is 5.69 Å². The van der Waals surface area contributed by atoms with Gasteiger partial charge in [0.05, 0.1) is 5.52 Å². The molecule has 4 nitrogen and oxygen atoms in total. The first kappa shape index (κ1) is 17.3. The van der Waals surface area contributed by atoms with Crippen molar-refractivity contribution in [2.75, 3.05) is 5.32 Å². The Labute approximate surface area is 156 Å². The minimum atomic E-state index is -0.771. The second-order valence-corrected chi connectivity index (χ2v) is 6.42. The molecule has 3 aromatic rings. The molecule has 0 saturated heterocycles. The van der Waals surface area contributed by atoms with E-state index in [4.69, 9.17) is 23.8 Å². The average Bonchev–Trinajstić information content (AvgIpc) is 3.06. The third kappa shape index (κ3) is 3.21. The number of benzene rings is 2. The summed E-state index contributed by atoms with van der Waals surface area (Å²) in [6, 6.07) is 15.1. The molecule has 0 amide bonds. The fraction of sp³-hybridized carbons (Fsp3) is 0.105. The minimum Gasteiger partial charge on any atom is -0.348 e. The number of halogens is 1. The first-order valence-electron chi connectivity index (χ1n) is 7.73. The summed E-state index contributed by atoms with van der Waals surface area (Å²) in [5.41, 5.74) is 1.75. The zero-order valence-corrected chi connectivity index (χ0v) is 15.1. The van der Waals surface area contributed by atoms with Crippen molar-refractivity contribution in [1.29, 1.82) is 0 Å². The van der Waals surface area contributed by atoms with Crippen LogP contribution in [0.25, 0.3) is 11.0 Å². The molecule has 0 bridgehead atoms. The molecular weight excluding hydrogens is 352 g/mol. The number of allylic oxidation sites excluding steroid dienone is 1. The molecule has 0 saturated carbocycles. The molecule has 1 unspecified atom stereocenters. The van der Waals surface area contributed by atoms with Gasteiger partial charge in [-0.15, -0.1) is 18.3 Å². The summed E-state index contributed by atoms with van der Waals surface area (Å²) in [5.74, 6) is 0. The van der Waals surface area contributed by atoms with Crippen LogP contribution in [0.15, 0.2) is 73.8 Å². The molecule has 1 N–H and O–H groups in total. The lowest BCUT2D eigenvalue weighted by molar-refractivity contribution is 0.460. The molecule has 0 aliphatic rings. The molecule has 3 rings (SSSR count). The monoisotopic (exact) mass is 368 g/mol. The van der Waals surface area contributed by atoms with Crippen LogP contribution in [0.3, 0.4) is 0 Å². The third-order valence-electron chi connectivity index (χ3n) is 4.02. The number of para-hydroxylation sites is 1. The van der Waals surface area contributed by atoms with Crippen molar-refractivity contribution in [3.8, 4) is 0 Å². The Hall–Kier alpha value is -2.50. The van der Waals surface area contributed by atoms with E-state index in [1.54, 1.807) is 29.0 Å². The highest BCUT2D eigenvalue weighted by atomic mass is 35.5. The minimum absolute atomic E-state index is 0.531. The Bertz CT molecular complexity index is 932. The highest BCUT2D eigenvalue weighted by Crippen LogP contribution is 2.29. The number of hydrogen-bond acceptors (Lipinski definition) is 3. The number of aromatic nitrogens is 3. The lowest BCUT2D eigenvalue weighted by atomic mass is 9.94. The van der Waals surface area contributed by atoms with E-state index in [0.717, 1.165) is 16.7 Å². The predicted molar refractivity (Wildman–Crippen MR) is 108 cm³/mol. The van der Waals surface area contributed by atoms with Crippen molar-refractivity contribution in [3.63, 3.8) is 0 Å². The first-order valence-corrected chi connectivity index (χ1v) is 8.52. The quantitative estimate of drug-likeness (QED) is 0.492. The van der Waals surface area contributed by atoms with Crippen LogP contribution in [0.2, 0.25) is 5.02 Å². The van der Waals surface area contributed by atoms with Gasteiger partial charge in [0.15, 0.2) is 0 Å². The number of fused-ring (bicyclic) bond motifs is 1. The maximum absolute atomic E-state index is 5.95. The van der Waals surface area contributed by atoms with Gasteiger partial charge >= 0.3 is 0 Å². The van der Waals surface area contributed by atoms with Gasteiger partial charge in [-0.1, -0.05) is 53.3 Å². The summed E-state index contributed by atoms with van der Waals surface area (Å²) in [5, 5.41) is 12.5. The molecule has 0 aliphatic carbocycles. The molecule has 126 valence electrons. The fourth-order valence-corrected chi connectivity index (χ4v) is 3.19. The van der Waals surface area contributed by atoms with Crippen molar-refractivity contribution in [2.45, 2.75) is 12.0 Å². The molecular formula is C19H17ClN4S. The second kappa shape index (κ2) is 7.17. The van der Waals surface area contributed by atoms with Crippen molar-refractivity contribution in [2.24, 2.45) is 0 Å². The summed E-state index contributed by atoms with van der Waals surface area (Å²) in [6.07, 6.45) is 4.11. The van der Waals surface area contributed by atoms with Gasteiger partial charge in [0.1, 0.15) is 16.0 Å². The van der Waals surface area contributed by atoms with E-state index in [1.165, 1.54) is 0 Å². The zero-order valence-electron chi connectivity index (χ0n) is 13.5. The van der Waals surface area contributed by atoms with Gasteiger partial charge in [0.2, 0.25) is 0 Å². The normalized spacial score (nSPS) is 13.2. The molecule has 2 aromatic carbocycles. The van der Waals surface area contributed by atoms with E-state index in [1.807, 2.05) is 36.4 Å². The van der Waals surface area contributed by atoms with E-state index >= 15 is 0 Å². The summed E-state index contributed by atoms with van der Waals surface area (Å²) in [7, 11) is 0. The number of nitrogens with one attached hydrogen (secondary N) is 1. The summed E-state index contributed by atoms with van der Waals surface area (Å²) >= 11 is 11.7. The molecule has 0 radical (unpaired) electrons. The number of nitrogens with zero attached hydrogens (tertiary/aromatic N) is 3. The molecule has 1 aromatic heterocycles. The van der Waals surface area contributed by atoms with Crippen molar-refractivity contribution >= 4 is 45.5 Å². The number of anilines is 1. The Balaban J connectivity index is 2.06. The van der Waals surface area contributed by atoms with Crippen LogP contribution in [-0.2, 0) is 5.54 Å². The Kier molecular flexibility index (Phi) is 4.97. The van der Waals surface area contributed by atoms with Crippen LogP contribution in [0, 0.1) is 0 Å². The van der Waals surface area contributed by atoms with Gasteiger partial charge in [-0.25, -0.2) is 4.68 Å². The highest BCUT2D eigenvalue weighted by molar-refractivity contribution is 7.80. The first-order chi connectivity index (χ1) is 12.1. The largest absolute Gasteiger partial charge is 0.348 e. The molecule has 1 atom stereocenters. The van der Waals surface area contributed by atoms with Gasteiger partial charge < -0.3 is 5.32 Å².